The molecule has 23 heavy (non-hydrogen) atoms. The van der Waals surface area contributed by atoms with E-state index in [0.717, 1.165) is 12.0 Å². The number of rotatable bonds is 6. The van der Waals surface area contributed by atoms with Crippen LogP contribution in [0.2, 0.25) is 5.02 Å². The molecule has 1 aromatic carbocycles. The van der Waals surface area contributed by atoms with Crippen LogP contribution in [0.25, 0.3) is 0 Å². The molecular weight excluding hydrogens is 322 g/mol. The van der Waals surface area contributed by atoms with Crippen LogP contribution < -0.4 is 10.1 Å². The first-order valence-corrected chi connectivity index (χ1v) is 7.75. The van der Waals surface area contributed by atoms with Crippen LogP contribution in [0.4, 0.5) is 0 Å². The molecule has 1 aliphatic rings. The minimum Gasteiger partial charge on any atom is -0.495 e. The van der Waals surface area contributed by atoms with Gasteiger partial charge in [-0.25, -0.2) is 4.79 Å². The Hall–Kier alpha value is -1.79. The number of benzene rings is 1. The summed E-state index contributed by atoms with van der Waals surface area (Å²) in [7, 11) is 2.81. The Labute approximate surface area is 140 Å². The molecular formula is C16H20ClNO5. The van der Waals surface area contributed by atoms with Gasteiger partial charge in [-0.3, -0.25) is 4.79 Å². The minimum absolute atomic E-state index is 0.273. The van der Waals surface area contributed by atoms with E-state index in [4.69, 9.17) is 25.8 Å². The summed E-state index contributed by atoms with van der Waals surface area (Å²) < 4.78 is 15.2. The second-order valence-corrected chi connectivity index (χ2v) is 5.67. The predicted molar refractivity (Wildman–Crippen MR) is 84.6 cm³/mol. The Kier molecular flexibility index (Phi) is 6.24. The van der Waals surface area contributed by atoms with E-state index >= 15 is 0 Å². The van der Waals surface area contributed by atoms with Crippen LogP contribution >= 0.6 is 11.6 Å². The lowest BCUT2D eigenvalue weighted by Crippen LogP contribution is -2.47. The maximum Gasteiger partial charge on any atom is 0.328 e. The van der Waals surface area contributed by atoms with Crippen LogP contribution in [-0.4, -0.2) is 44.8 Å². The van der Waals surface area contributed by atoms with Crippen LogP contribution in [0.5, 0.6) is 5.75 Å². The number of ether oxygens (including phenoxy) is 3. The highest BCUT2D eigenvalue weighted by molar-refractivity contribution is 6.32. The zero-order valence-corrected chi connectivity index (χ0v) is 13.9. The normalized spacial score (nSPS) is 18.3. The van der Waals surface area contributed by atoms with Crippen LogP contribution in [0.15, 0.2) is 18.2 Å². The number of hydrogen-bond donors (Lipinski definition) is 1. The van der Waals surface area contributed by atoms with Crippen molar-refractivity contribution < 1.29 is 23.8 Å². The van der Waals surface area contributed by atoms with Gasteiger partial charge < -0.3 is 19.5 Å². The zero-order chi connectivity index (χ0) is 16.8. The Morgan fingerprint density at radius 3 is 2.78 bits per heavy atom. The summed E-state index contributed by atoms with van der Waals surface area (Å²) in [6, 6.07) is 4.42. The molecule has 0 spiro atoms. The summed E-state index contributed by atoms with van der Waals surface area (Å²) in [4.78, 5) is 24.1. The Morgan fingerprint density at radius 2 is 2.22 bits per heavy atom. The first-order valence-electron chi connectivity index (χ1n) is 7.37. The SMILES string of the molecule is COC(=O)[C@H](Cc1ccc(OC)c(Cl)c1)NC(=O)[C@@H]1CCCO1. The van der Waals surface area contributed by atoms with Gasteiger partial charge in [-0.05, 0) is 30.5 Å². The highest BCUT2D eigenvalue weighted by Crippen LogP contribution is 2.25. The van der Waals surface area contributed by atoms with Gasteiger partial charge in [0, 0.05) is 13.0 Å². The number of halogens is 1. The first-order chi connectivity index (χ1) is 11.0. The number of carbonyl (C=O) groups is 2. The number of amides is 1. The van der Waals surface area contributed by atoms with Crippen molar-refractivity contribution in [3.8, 4) is 5.75 Å². The first kappa shape index (κ1) is 17.6. The number of carbonyl (C=O) groups excluding carboxylic acids is 2. The van der Waals surface area contributed by atoms with E-state index < -0.39 is 18.1 Å². The Bertz CT molecular complexity index is 572. The largest absolute Gasteiger partial charge is 0.495 e. The van der Waals surface area contributed by atoms with Crippen molar-refractivity contribution in [3.05, 3.63) is 28.8 Å². The lowest BCUT2D eigenvalue weighted by molar-refractivity contribution is -0.146. The highest BCUT2D eigenvalue weighted by Gasteiger charge is 2.29. The van der Waals surface area contributed by atoms with E-state index in [-0.39, 0.29) is 12.3 Å². The van der Waals surface area contributed by atoms with Crippen LogP contribution in [-0.2, 0) is 25.5 Å². The Morgan fingerprint density at radius 1 is 1.43 bits per heavy atom. The molecule has 0 saturated carbocycles. The molecule has 1 aromatic rings. The van der Waals surface area contributed by atoms with Crippen molar-refractivity contribution in [1.29, 1.82) is 0 Å². The molecule has 7 heteroatoms. The molecule has 0 bridgehead atoms. The third-order valence-corrected chi connectivity index (χ3v) is 3.98. The van der Waals surface area contributed by atoms with Crippen molar-refractivity contribution >= 4 is 23.5 Å². The van der Waals surface area contributed by atoms with E-state index in [9.17, 15) is 9.59 Å². The standard InChI is InChI=1S/C16H20ClNO5/c1-21-13-6-5-10(8-11(13)17)9-12(16(20)22-2)18-15(19)14-4-3-7-23-14/h5-6,8,12,14H,3-4,7,9H2,1-2H3,(H,18,19)/t12-,14-/m0/s1. The molecule has 1 N–H and O–H groups in total. The third kappa shape index (κ3) is 4.59. The molecule has 1 aliphatic heterocycles. The van der Waals surface area contributed by atoms with Gasteiger partial charge in [-0.1, -0.05) is 17.7 Å². The fourth-order valence-electron chi connectivity index (χ4n) is 2.46. The molecule has 0 aromatic heterocycles. The molecule has 0 unspecified atom stereocenters. The molecule has 2 rings (SSSR count). The van der Waals surface area contributed by atoms with Crippen molar-refractivity contribution in [2.24, 2.45) is 0 Å². The molecule has 0 radical (unpaired) electrons. The topological polar surface area (TPSA) is 73.9 Å². The molecule has 2 atom stereocenters. The number of methoxy groups -OCH3 is 2. The fraction of sp³-hybridized carbons (Fsp3) is 0.500. The lowest BCUT2D eigenvalue weighted by Gasteiger charge is -2.19. The summed E-state index contributed by atoms with van der Waals surface area (Å²) in [6.07, 6.45) is 1.28. The highest BCUT2D eigenvalue weighted by atomic mass is 35.5. The van der Waals surface area contributed by atoms with Gasteiger partial charge in [0.15, 0.2) is 0 Å². The second kappa shape index (κ2) is 8.17. The fourth-order valence-corrected chi connectivity index (χ4v) is 2.74. The van der Waals surface area contributed by atoms with Crippen molar-refractivity contribution in [1.82, 2.24) is 5.32 Å². The predicted octanol–water partition coefficient (Wildman–Crippen LogP) is 1.73. The number of hydrogen-bond acceptors (Lipinski definition) is 5. The van der Waals surface area contributed by atoms with Crippen LogP contribution in [0.1, 0.15) is 18.4 Å². The van der Waals surface area contributed by atoms with Gasteiger partial charge in [-0.2, -0.15) is 0 Å². The summed E-state index contributed by atoms with van der Waals surface area (Å²) >= 11 is 6.09. The van der Waals surface area contributed by atoms with Gasteiger partial charge in [0.1, 0.15) is 17.9 Å². The van der Waals surface area contributed by atoms with E-state index in [2.05, 4.69) is 5.32 Å². The van der Waals surface area contributed by atoms with Crippen molar-refractivity contribution in [2.75, 3.05) is 20.8 Å². The molecule has 1 amide bonds. The van der Waals surface area contributed by atoms with Gasteiger partial charge >= 0.3 is 5.97 Å². The maximum absolute atomic E-state index is 12.1. The van der Waals surface area contributed by atoms with E-state index in [1.165, 1.54) is 14.2 Å². The Balaban J connectivity index is 2.07. The molecule has 0 aliphatic carbocycles. The van der Waals surface area contributed by atoms with Gasteiger partial charge in [0.25, 0.3) is 0 Å². The van der Waals surface area contributed by atoms with E-state index in [0.29, 0.717) is 23.8 Å². The summed E-state index contributed by atoms with van der Waals surface area (Å²) in [5.41, 5.74) is 0.791. The summed E-state index contributed by atoms with van der Waals surface area (Å²) in [5.74, 6) is -0.255. The maximum atomic E-state index is 12.1. The summed E-state index contributed by atoms with van der Waals surface area (Å²) in [6.45, 7) is 0.565. The number of esters is 1. The molecule has 1 heterocycles. The van der Waals surface area contributed by atoms with Gasteiger partial charge in [0.2, 0.25) is 5.91 Å². The third-order valence-electron chi connectivity index (χ3n) is 3.68. The molecule has 1 saturated heterocycles. The second-order valence-electron chi connectivity index (χ2n) is 5.26. The van der Waals surface area contributed by atoms with Crippen LogP contribution in [0, 0.1) is 0 Å². The molecule has 1 fully saturated rings. The quantitative estimate of drug-likeness (QED) is 0.798. The van der Waals surface area contributed by atoms with Crippen LogP contribution in [0.3, 0.4) is 0 Å². The zero-order valence-electron chi connectivity index (χ0n) is 13.1. The average Bonchev–Trinajstić information content (AvgIpc) is 3.08. The van der Waals surface area contributed by atoms with E-state index in [1.54, 1.807) is 18.2 Å². The molecule has 126 valence electrons. The number of nitrogens with one attached hydrogen (secondary N) is 1. The molecule has 6 nitrogen and oxygen atoms in total. The average molecular weight is 342 g/mol. The van der Waals surface area contributed by atoms with Gasteiger partial charge in [0.05, 0.1) is 19.2 Å². The van der Waals surface area contributed by atoms with E-state index in [1.807, 2.05) is 0 Å². The minimum atomic E-state index is -0.791. The lowest BCUT2D eigenvalue weighted by atomic mass is 10.1. The smallest absolute Gasteiger partial charge is 0.328 e. The van der Waals surface area contributed by atoms with Crippen molar-refractivity contribution in [3.63, 3.8) is 0 Å². The van der Waals surface area contributed by atoms with Gasteiger partial charge in [-0.15, -0.1) is 0 Å². The monoisotopic (exact) mass is 341 g/mol. The summed E-state index contributed by atoms with van der Waals surface area (Å²) in [5, 5.41) is 3.14. The van der Waals surface area contributed by atoms with Crippen molar-refractivity contribution in [2.45, 2.75) is 31.4 Å².